The number of piperazine rings is 1. The van der Waals surface area contributed by atoms with Crippen LogP contribution in [0.25, 0.3) is 5.69 Å². The summed E-state index contributed by atoms with van der Waals surface area (Å²) in [6.07, 6.45) is -1.61. The number of halogens is 4. The second-order valence-electron chi connectivity index (χ2n) is 16.2. The molecule has 0 aliphatic carbocycles. The molecule has 3 aliphatic heterocycles. The van der Waals surface area contributed by atoms with E-state index in [9.17, 15) is 32.3 Å². The lowest BCUT2D eigenvalue weighted by Crippen LogP contribution is -2.63. The number of alkyl halides is 3. The van der Waals surface area contributed by atoms with Gasteiger partial charge in [0.1, 0.15) is 42.6 Å². The van der Waals surface area contributed by atoms with Crippen LogP contribution in [-0.4, -0.2) is 116 Å². The number of hydrogen-bond donors (Lipinski definition) is 2. The number of ether oxygens (including phenoxy) is 2. The zero-order valence-electron chi connectivity index (χ0n) is 32.9. The van der Waals surface area contributed by atoms with Gasteiger partial charge in [0.25, 0.3) is 0 Å². The molecule has 5 heterocycles. The van der Waals surface area contributed by atoms with Crippen molar-refractivity contribution in [3.05, 3.63) is 108 Å². The van der Waals surface area contributed by atoms with Gasteiger partial charge in [-0.25, -0.2) is 9.07 Å². The van der Waals surface area contributed by atoms with Gasteiger partial charge in [0.2, 0.25) is 11.8 Å². The fraction of sp³-hybridized carbons (Fsp3) is 0.476. The highest BCUT2D eigenvalue weighted by Gasteiger charge is 2.54. The minimum Gasteiger partial charge on any atom is -0.490 e. The Morgan fingerprint density at radius 1 is 1.03 bits per heavy atom. The minimum absolute atomic E-state index is 0.0187. The summed E-state index contributed by atoms with van der Waals surface area (Å²) in [5, 5.41) is 18.5. The Morgan fingerprint density at radius 3 is 2.52 bits per heavy atom. The molecule has 0 unspecified atom stereocenters. The van der Waals surface area contributed by atoms with Crippen molar-refractivity contribution < 1.29 is 41.7 Å². The number of hydrogen-bond acceptors (Lipinski definition) is 9. The Morgan fingerprint density at radius 2 is 1.78 bits per heavy atom. The van der Waals surface area contributed by atoms with Gasteiger partial charge in [-0.2, -0.15) is 18.3 Å². The molecule has 2 saturated heterocycles. The molecule has 0 spiro atoms. The van der Waals surface area contributed by atoms with Crippen LogP contribution in [0.4, 0.5) is 17.6 Å². The number of nitrogens with one attached hydrogen (secondary N) is 1. The number of pyridine rings is 1. The number of amides is 2. The van der Waals surface area contributed by atoms with Crippen molar-refractivity contribution in [3.8, 4) is 11.4 Å². The van der Waals surface area contributed by atoms with Crippen LogP contribution in [0.2, 0.25) is 0 Å². The normalized spacial score (nSPS) is 22.1. The van der Waals surface area contributed by atoms with Crippen LogP contribution >= 0.6 is 0 Å². The van der Waals surface area contributed by atoms with Gasteiger partial charge in [-0.1, -0.05) is 48.5 Å². The first-order valence-corrected chi connectivity index (χ1v) is 19.5. The monoisotopic (exact) mass is 807 g/mol. The Labute approximate surface area is 334 Å². The zero-order chi connectivity index (χ0) is 41.4. The standard InChI is InChI=1S/C42H49F4N7O5/c1-40(2,36-14-15-52(49-36)30-20-29(43)21-47-22-30)51-17-16-50(33(24-51)38(55)48-26-42(44,45)46)23-31(54)19-28(18-27-10-6-5-7-11-27)39(56)53-37-32-12-8-9-13-34(32)57-25-35(37)58-41(53,3)4/h5-15,20-22,28,31,33,35,37,54H,16-19,23-26H2,1-4H3,(H,48,55)/t28-,31+,33+,35-,37+/m1/s1. The molecule has 2 aromatic carbocycles. The summed E-state index contributed by atoms with van der Waals surface area (Å²) in [6.45, 7) is 6.80. The highest BCUT2D eigenvalue weighted by atomic mass is 19.4. The summed E-state index contributed by atoms with van der Waals surface area (Å²) in [6, 6.07) is 18.6. The van der Waals surface area contributed by atoms with Crippen molar-refractivity contribution in [2.75, 3.05) is 39.3 Å². The average molecular weight is 808 g/mol. The molecule has 0 bridgehead atoms. The Kier molecular flexibility index (Phi) is 11.7. The van der Waals surface area contributed by atoms with Crippen molar-refractivity contribution in [1.29, 1.82) is 0 Å². The van der Waals surface area contributed by atoms with Crippen LogP contribution in [0.1, 0.15) is 57.0 Å². The lowest BCUT2D eigenvalue weighted by molar-refractivity contribution is -0.153. The van der Waals surface area contributed by atoms with E-state index in [1.807, 2.05) is 92.5 Å². The predicted octanol–water partition coefficient (Wildman–Crippen LogP) is 5.01. The summed E-state index contributed by atoms with van der Waals surface area (Å²) in [5.41, 5.74) is 0.923. The molecule has 16 heteroatoms. The van der Waals surface area contributed by atoms with Gasteiger partial charge in [0.05, 0.1) is 41.5 Å². The van der Waals surface area contributed by atoms with Crippen molar-refractivity contribution in [2.24, 2.45) is 5.92 Å². The average Bonchev–Trinajstić information content (AvgIpc) is 3.79. The van der Waals surface area contributed by atoms with Crippen molar-refractivity contribution in [2.45, 2.75) is 82.3 Å². The molecule has 2 amide bonds. The molecule has 2 fully saturated rings. The predicted molar refractivity (Wildman–Crippen MR) is 205 cm³/mol. The zero-order valence-corrected chi connectivity index (χ0v) is 32.9. The number of fused-ring (bicyclic) bond motifs is 3. The molecule has 58 heavy (non-hydrogen) atoms. The lowest BCUT2D eigenvalue weighted by atomic mass is 9.89. The SMILES string of the molecule is CC1(C)O[C@@H]2COc3ccccc3[C@@H]2N1C(=O)[C@H](Cc1ccccc1)C[C@H](O)CN1CCN(C(C)(C)c2ccn(-c3cncc(F)c3)n2)C[C@H]1C(=O)NCC(F)(F)F. The Balaban J connectivity index is 1.12. The Bertz CT molecular complexity index is 2080. The van der Waals surface area contributed by atoms with E-state index in [4.69, 9.17) is 9.47 Å². The summed E-state index contributed by atoms with van der Waals surface area (Å²) >= 11 is 0. The maximum Gasteiger partial charge on any atom is 0.405 e. The minimum atomic E-state index is -4.63. The van der Waals surface area contributed by atoms with Gasteiger partial charge in [0.15, 0.2) is 0 Å². The van der Waals surface area contributed by atoms with Crippen LogP contribution < -0.4 is 10.1 Å². The summed E-state index contributed by atoms with van der Waals surface area (Å²) < 4.78 is 67.8. The van der Waals surface area contributed by atoms with E-state index in [0.29, 0.717) is 30.1 Å². The van der Waals surface area contributed by atoms with Gasteiger partial charge in [-0.3, -0.25) is 24.4 Å². The first-order valence-electron chi connectivity index (χ1n) is 19.5. The van der Waals surface area contributed by atoms with Crippen LogP contribution in [0.15, 0.2) is 85.3 Å². The summed E-state index contributed by atoms with van der Waals surface area (Å²) in [4.78, 5) is 37.8. The van der Waals surface area contributed by atoms with Crippen LogP contribution in [0.5, 0.6) is 5.75 Å². The van der Waals surface area contributed by atoms with Crippen LogP contribution in [0, 0.1) is 11.7 Å². The van der Waals surface area contributed by atoms with Gasteiger partial charge in [-0.15, -0.1) is 0 Å². The van der Waals surface area contributed by atoms with E-state index in [1.165, 1.54) is 16.9 Å². The third kappa shape index (κ3) is 8.89. The summed E-state index contributed by atoms with van der Waals surface area (Å²) in [5.74, 6) is -1.61. The highest BCUT2D eigenvalue weighted by Crippen LogP contribution is 2.48. The van der Waals surface area contributed by atoms with Crippen molar-refractivity contribution >= 4 is 11.8 Å². The second-order valence-corrected chi connectivity index (χ2v) is 16.2. The van der Waals surface area contributed by atoms with Crippen molar-refractivity contribution in [1.82, 2.24) is 34.8 Å². The molecular formula is C42H49F4N7O5. The van der Waals surface area contributed by atoms with Crippen LogP contribution in [-0.2, 0) is 26.3 Å². The first kappa shape index (κ1) is 41.3. The van der Waals surface area contributed by atoms with E-state index < -0.39 is 65.9 Å². The number of carbonyl (C=O) groups excluding carboxylic acids is 2. The maximum atomic E-state index is 14.9. The number of aliphatic hydroxyl groups excluding tert-OH is 1. The second kappa shape index (κ2) is 16.4. The Hall–Kier alpha value is -4.90. The highest BCUT2D eigenvalue weighted by molar-refractivity contribution is 5.82. The number of nitrogens with zero attached hydrogens (tertiary/aromatic N) is 6. The molecule has 310 valence electrons. The molecule has 0 radical (unpaired) electrons. The molecule has 12 nitrogen and oxygen atoms in total. The first-order chi connectivity index (χ1) is 27.5. The molecule has 4 aromatic rings. The number of β-amino-alcohol motifs (C(OH)–C–C–N with tert-alkyl or cyclic N) is 1. The molecule has 2 aromatic heterocycles. The van der Waals surface area contributed by atoms with Gasteiger partial charge < -0.3 is 24.8 Å². The maximum absolute atomic E-state index is 14.9. The molecule has 5 atom stereocenters. The van der Waals surface area contributed by atoms with Crippen molar-refractivity contribution in [3.63, 3.8) is 0 Å². The number of rotatable bonds is 12. The fourth-order valence-corrected chi connectivity index (χ4v) is 8.51. The number of aliphatic hydroxyl groups is 1. The van der Waals surface area contributed by atoms with E-state index in [0.717, 1.165) is 17.3 Å². The number of carbonyl (C=O) groups is 2. The molecular weight excluding hydrogens is 758 g/mol. The van der Waals surface area contributed by atoms with Gasteiger partial charge >= 0.3 is 6.18 Å². The fourth-order valence-electron chi connectivity index (χ4n) is 8.51. The van der Waals surface area contributed by atoms with E-state index in [2.05, 4.69) is 10.1 Å². The summed E-state index contributed by atoms with van der Waals surface area (Å²) in [7, 11) is 0. The quantitative estimate of drug-likeness (QED) is 0.190. The largest absolute Gasteiger partial charge is 0.490 e. The van der Waals surface area contributed by atoms with Gasteiger partial charge in [0, 0.05) is 49.9 Å². The third-order valence-corrected chi connectivity index (χ3v) is 11.4. The van der Waals surface area contributed by atoms with E-state index in [1.54, 1.807) is 22.1 Å². The van der Waals surface area contributed by atoms with Gasteiger partial charge in [-0.05, 0) is 58.2 Å². The lowest BCUT2D eigenvalue weighted by Gasteiger charge is -2.47. The third-order valence-electron chi connectivity index (χ3n) is 11.4. The molecule has 0 saturated carbocycles. The molecule has 7 rings (SSSR count). The number of benzene rings is 2. The molecule has 2 N–H and O–H groups in total. The number of para-hydroxylation sites is 1. The van der Waals surface area contributed by atoms with E-state index in [-0.39, 0.29) is 38.6 Å². The van der Waals surface area contributed by atoms with Crippen LogP contribution in [0.3, 0.4) is 0 Å². The smallest absolute Gasteiger partial charge is 0.405 e. The van der Waals surface area contributed by atoms with E-state index >= 15 is 0 Å². The molecule has 3 aliphatic rings. The number of aromatic nitrogens is 3. The topological polar surface area (TPSA) is 125 Å².